The van der Waals surface area contributed by atoms with Gasteiger partial charge in [0.05, 0.1) is 11.3 Å². The Hall–Kier alpha value is -2.04. The molecule has 0 aliphatic carbocycles. The summed E-state index contributed by atoms with van der Waals surface area (Å²) in [5.74, 6) is -1.02. The van der Waals surface area contributed by atoms with Gasteiger partial charge in [0.15, 0.2) is 0 Å². The number of nitrogens with zero attached hydrogens (tertiary/aromatic N) is 1. The molecule has 1 aromatic rings. The molecule has 1 aromatic carbocycles. The van der Waals surface area contributed by atoms with Crippen molar-refractivity contribution >= 4 is 17.7 Å². The molecule has 108 valence electrons. The van der Waals surface area contributed by atoms with Crippen molar-refractivity contribution < 1.29 is 14.7 Å². The number of rotatable bonds is 3. The second kappa shape index (κ2) is 5.94. The maximum atomic E-state index is 12.3. The van der Waals surface area contributed by atoms with E-state index in [1.165, 1.54) is 0 Å². The lowest BCUT2D eigenvalue weighted by atomic mass is 10.1. The number of aryl methyl sites for hydroxylation is 1. The van der Waals surface area contributed by atoms with Gasteiger partial charge in [-0.05, 0) is 37.8 Å². The number of hydrogen-bond acceptors (Lipinski definition) is 2. The molecule has 0 spiro atoms. The van der Waals surface area contributed by atoms with E-state index in [4.69, 9.17) is 0 Å². The first-order valence-electron chi connectivity index (χ1n) is 6.95. The van der Waals surface area contributed by atoms with Crippen molar-refractivity contribution in [3.05, 3.63) is 29.3 Å². The van der Waals surface area contributed by atoms with Crippen LogP contribution >= 0.6 is 0 Å². The number of carbonyl (C=O) groups excluding carboxylic acids is 1. The highest BCUT2D eigenvalue weighted by atomic mass is 16.4. The molecule has 1 unspecified atom stereocenters. The molecule has 1 fully saturated rings. The van der Waals surface area contributed by atoms with E-state index in [9.17, 15) is 14.7 Å². The first kappa shape index (κ1) is 14.4. The summed E-state index contributed by atoms with van der Waals surface area (Å²) in [5, 5.41) is 12.0. The maximum absolute atomic E-state index is 12.3. The predicted molar refractivity (Wildman–Crippen MR) is 77.2 cm³/mol. The predicted octanol–water partition coefficient (Wildman–Crippen LogP) is 3.10. The number of nitrogens with one attached hydrogen (secondary N) is 1. The minimum atomic E-state index is -1.02. The summed E-state index contributed by atoms with van der Waals surface area (Å²) < 4.78 is 0. The zero-order chi connectivity index (χ0) is 14.7. The summed E-state index contributed by atoms with van der Waals surface area (Å²) in [4.78, 5) is 25.4. The molecule has 1 aliphatic heterocycles. The summed E-state index contributed by atoms with van der Waals surface area (Å²) >= 11 is 0. The fraction of sp³-hybridized carbons (Fsp3) is 0.467. The van der Waals surface area contributed by atoms with Crippen LogP contribution in [0.3, 0.4) is 0 Å². The Bertz CT molecular complexity index is 528. The van der Waals surface area contributed by atoms with Crippen molar-refractivity contribution in [2.75, 3.05) is 11.9 Å². The molecule has 2 amide bonds. The zero-order valence-electron chi connectivity index (χ0n) is 11.8. The Morgan fingerprint density at radius 2 is 2.20 bits per heavy atom. The van der Waals surface area contributed by atoms with Crippen LogP contribution in [0.1, 0.15) is 42.1 Å². The summed E-state index contributed by atoms with van der Waals surface area (Å²) in [5.41, 5.74) is 1.17. The molecular formula is C15H20N2O3. The van der Waals surface area contributed by atoms with Crippen LogP contribution in [0.5, 0.6) is 0 Å². The number of hydrogen-bond donors (Lipinski definition) is 2. The fourth-order valence-corrected chi connectivity index (χ4v) is 2.77. The highest BCUT2D eigenvalue weighted by Crippen LogP contribution is 2.23. The van der Waals surface area contributed by atoms with Crippen LogP contribution in [0.15, 0.2) is 18.2 Å². The van der Waals surface area contributed by atoms with Crippen molar-refractivity contribution in [3.63, 3.8) is 0 Å². The number of amides is 2. The van der Waals surface area contributed by atoms with Gasteiger partial charge in [-0.3, -0.25) is 0 Å². The molecule has 20 heavy (non-hydrogen) atoms. The normalized spacial score (nSPS) is 18.1. The third-order valence-corrected chi connectivity index (χ3v) is 3.84. The van der Waals surface area contributed by atoms with E-state index in [1.54, 1.807) is 30.0 Å². The first-order chi connectivity index (χ1) is 9.54. The number of aromatic carboxylic acids is 1. The van der Waals surface area contributed by atoms with Crippen LogP contribution in [0.2, 0.25) is 0 Å². The molecule has 0 aromatic heterocycles. The second-order valence-electron chi connectivity index (χ2n) is 5.13. The van der Waals surface area contributed by atoms with Crippen molar-refractivity contribution in [1.82, 2.24) is 4.90 Å². The number of carboxylic acid groups (broad SMARTS) is 1. The Balaban J connectivity index is 2.20. The van der Waals surface area contributed by atoms with Gasteiger partial charge >= 0.3 is 12.0 Å². The van der Waals surface area contributed by atoms with E-state index >= 15 is 0 Å². The molecule has 2 rings (SSSR count). The van der Waals surface area contributed by atoms with Crippen molar-refractivity contribution in [1.29, 1.82) is 0 Å². The Morgan fingerprint density at radius 1 is 1.45 bits per heavy atom. The minimum absolute atomic E-state index is 0.160. The van der Waals surface area contributed by atoms with Gasteiger partial charge < -0.3 is 15.3 Å². The van der Waals surface area contributed by atoms with E-state index in [2.05, 4.69) is 12.2 Å². The largest absolute Gasteiger partial charge is 0.478 e. The summed E-state index contributed by atoms with van der Waals surface area (Å²) in [6.45, 7) is 4.52. The van der Waals surface area contributed by atoms with E-state index in [1.807, 2.05) is 0 Å². The van der Waals surface area contributed by atoms with Gasteiger partial charge in [-0.1, -0.05) is 19.1 Å². The van der Waals surface area contributed by atoms with Crippen molar-refractivity contribution in [2.45, 2.75) is 39.2 Å². The van der Waals surface area contributed by atoms with Crippen LogP contribution in [-0.2, 0) is 0 Å². The van der Waals surface area contributed by atoms with Gasteiger partial charge in [0, 0.05) is 12.6 Å². The van der Waals surface area contributed by atoms with Crippen LogP contribution in [-0.4, -0.2) is 34.6 Å². The molecule has 1 aliphatic rings. The van der Waals surface area contributed by atoms with Crippen LogP contribution < -0.4 is 5.32 Å². The number of likely N-dealkylation sites (tertiary alicyclic amines) is 1. The molecule has 1 saturated heterocycles. The average molecular weight is 276 g/mol. The summed E-state index contributed by atoms with van der Waals surface area (Å²) in [7, 11) is 0. The standard InChI is InChI=1S/C15H20N2O3/c1-3-11-7-5-9-17(11)15(20)16-12-8-4-6-10(2)13(12)14(18)19/h4,6,8,11H,3,5,7,9H2,1-2H3,(H,16,20)(H,18,19). The smallest absolute Gasteiger partial charge is 0.338 e. The first-order valence-corrected chi connectivity index (χ1v) is 6.95. The Morgan fingerprint density at radius 3 is 2.85 bits per heavy atom. The van der Waals surface area contributed by atoms with E-state index in [0.29, 0.717) is 11.3 Å². The van der Waals surface area contributed by atoms with E-state index < -0.39 is 5.97 Å². The number of anilines is 1. The van der Waals surface area contributed by atoms with Crippen LogP contribution in [0.4, 0.5) is 10.5 Å². The summed E-state index contributed by atoms with van der Waals surface area (Å²) in [6, 6.07) is 5.16. The third kappa shape index (κ3) is 2.76. The Kier molecular flexibility index (Phi) is 4.27. The number of urea groups is 1. The van der Waals surface area contributed by atoms with Gasteiger partial charge in [-0.25, -0.2) is 9.59 Å². The lowest BCUT2D eigenvalue weighted by Gasteiger charge is -2.24. The fourth-order valence-electron chi connectivity index (χ4n) is 2.77. The highest BCUT2D eigenvalue weighted by Gasteiger charge is 2.28. The van der Waals surface area contributed by atoms with Crippen LogP contribution in [0, 0.1) is 6.92 Å². The lowest BCUT2D eigenvalue weighted by Crippen LogP contribution is -2.38. The molecule has 0 radical (unpaired) electrons. The molecule has 0 saturated carbocycles. The van der Waals surface area contributed by atoms with E-state index in [0.717, 1.165) is 25.8 Å². The highest BCUT2D eigenvalue weighted by molar-refractivity contribution is 6.01. The molecular weight excluding hydrogens is 256 g/mol. The molecule has 2 N–H and O–H groups in total. The van der Waals surface area contributed by atoms with Gasteiger partial charge in [0.25, 0.3) is 0 Å². The SMILES string of the molecule is CCC1CCCN1C(=O)Nc1cccc(C)c1C(=O)O. The summed E-state index contributed by atoms with van der Waals surface area (Å²) in [6.07, 6.45) is 2.95. The van der Waals surface area contributed by atoms with Gasteiger partial charge in [-0.15, -0.1) is 0 Å². The second-order valence-corrected chi connectivity index (χ2v) is 5.13. The van der Waals surface area contributed by atoms with Gasteiger partial charge in [0.2, 0.25) is 0 Å². The lowest BCUT2D eigenvalue weighted by molar-refractivity contribution is 0.0697. The quantitative estimate of drug-likeness (QED) is 0.891. The molecule has 5 heteroatoms. The number of carbonyl (C=O) groups is 2. The molecule has 0 bridgehead atoms. The monoisotopic (exact) mass is 276 g/mol. The zero-order valence-corrected chi connectivity index (χ0v) is 11.8. The van der Waals surface area contributed by atoms with E-state index in [-0.39, 0.29) is 17.6 Å². The van der Waals surface area contributed by atoms with Gasteiger partial charge in [0.1, 0.15) is 0 Å². The van der Waals surface area contributed by atoms with Crippen molar-refractivity contribution in [3.8, 4) is 0 Å². The maximum Gasteiger partial charge on any atom is 0.338 e. The van der Waals surface area contributed by atoms with Crippen molar-refractivity contribution in [2.24, 2.45) is 0 Å². The third-order valence-electron chi connectivity index (χ3n) is 3.84. The number of carboxylic acids is 1. The average Bonchev–Trinajstić information content (AvgIpc) is 2.86. The Labute approximate surface area is 118 Å². The van der Waals surface area contributed by atoms with Gasteiger partial charge in [-0.2, -0.15) is 0 Å². The molecule has 5 nitrogen and oxygen atoms in total. The topological polar surface area (TPSA) is 69.6 Å². The van der Waals surface area contributed by atoms with Crippen LogP contribution in [0.25, 0.3) is 0 Å². The minimum Gasteiger partial charge on any atom is -0.478 e. The number of benzene rings is 1. The molecule has 1 atom stereocenters. The molecule has 1 heterocycles.